The zero-order valence-electron chi connectivity index (χ0n) is 9.86. The van der Waals surface area contributed by atoms with Crippen LogP contribution in [0.25, 0.3) is 0 Å². The number of rotatable bonds is 5. The molecule has 106 valence electrons. The van der Waals surface area contributed by atoms with Gasteiger partial charge in [-0.05, 0) is 31.0 Å². The van der Waals surface area contributed by atoms with Gasteiger partial charge >= 0.3 is 6.18 Å². The molecule has 0 aliphatic heterocycles. The third kappa shape index (κ3) is 5.40. The summed E-state index contributed by atoms with van der Waals surface area (Å²) in [5.74, 6) is 0.143. The van der Waals surface area contributed by atoms with Gasteiger partial charge < -0.3 is 5.32 Å². The standard InChI is InChI=1S/C12H12BrClF3NO/c13-10-5-4-8(7-9(10)12(15,16)17)18-11(19)3-1-2-6-14/h4-5,7H,1-3,6H2,(H,18,19). The first-order valence-electron chi connectivity index (χ1n) is 5.57. The van der Waals surface area contributed by atoms with Gasteiger partial charge in [-0.15, -0.1) is 11.6 Å². The van der Waals surface area contributed by atoms with E-state index >= 15 is 0 Å². The number of amides is 1. The lowest BCUT2D eigenvalue weighted by atomic mass is 10.2. The summed E-state index contributed by atoms with van der Waals surface area (Å²) < 4.78 is 37.9. The Labute approximate surface area is 122 Å². The maximum atomic E-state index is 12.7. The van der Waals surface area contributed by atoms with E-state index in [4.69, 9.17) is 11.6 Å². The normalized spacial score (nSPS) is 11.4. The second kappa shape index (κ2) is 7.14. The molecule has 0 bridgehead atoms. The molecule has 0 aliphatic carbocycles. The first-order valence-corrected chi connectivity index (χ1v) is 6.90. The Morgan fingerprint density at radius 3 is 2.58 bits per heavy atom. The molecule has 1 N–H and O–H groups in total. The highest BCUT2D eigenvalue weighted by Crippen LogP contribution is 2.36. The van der Waals surface area contributed by atoms with Gasteiger partial charge in [-0.25, -0.2) is 0 Å². The minimum absolute atomic E-state index is 0.0554. The lowest BCUT2D eigenvalue weighted by Gasteiger charge is -2.12. The Morgan fingerprint density at radius 2 is 2.00 bits per heavy atom. The second-order valence-corrected chi connectivity index (χ2v) is 5.12. The Hall–Kier alpha value is -0.750. The van der Waals surface area contributed by atoms with Gasteiger partial charge in [0.15, 0.2) is 0 Å². The molecule has 7 heteroatoms. The van der Waals surface area contributed by atoms with Crippen LogP contribution < -0.4 is 5.32 Å². The van der Waals surface area contributed by atoms with Crippen molar-refractivity contribution in [1.29, 1.82) is 0 Å². The lowest BCUT2D eigenvalue weighted by Crippen LogP contribution is -2.13. The average Bonchev–Trinajstić information content (AvgIpc) is 2.30. The number of hydrogen-bond donors (Lipinski definition) is 1. The van der Waals surface area contributed by atoms with Gasteiger partial charge in [-0.2, -0.15) is 13.2 Å². The molecule has 19 heavy (non-hydrogen) atoms. The second-order valence-electron chi connectivity index (χ2n) is 3.89. The van der Waals surface area contributed by atoms with E-state index in [0.29, 0.717) is 18.7 Å². The fraction of sp³-hybridized carbons (Fsp3) is 0.417. The van der Waals surface area contributed by atoms with E-state index in [1.54, 1.807) is 0 Å². The summed E-state index contributed by atoms with van der Waals surface area (Å²) in [7, 11) is 0. The molecule has 0 heterocycles. The number of alkyl halides is 4. The van der Waals surface area contributed by atoms with E-state index < -0.39 is 11.7 Å². The van der Waals surface area contributed by atoms with Gasteiger partial charge in [0.05, 0.1) is 5.56 Å². The van der Waals surface area contributed by atoms with E-state index in [9.17, 15) is 18.0 Å². The summed E-state index contributed by atoms with van der Waals surface area (Å²) in [5.41, 5.74) is -0.683. The Bertz CT molecular complexity index is 451. The van der Waals surface area contributed by atoms with E-state index in [1.807, 2.05) is 0 Å². The van der Waals surface area contributed by atoms with Crippen LogP contribution in [0.5, 0.6) is 0 Å². The molecule has 0 unspecified atom stereocenters. The molecular formula is C12H12BrClF3NO. The van der Waals surface area contributed by atoms with Gasteiger partial charge in [0, 0.05) is 22.5 Å². The van der Waals surface area contributed by atoms with Crippen molar-refractivity contribution in [2.75, 3.05) is 11.2 Å². The zero-order valence-corrected chi connectivity index (χ0v) is 12.2. The van der Waals surface area contributed by atoms with Crippen molar-refractivity contribution in [3.63, 3.8) is 0 Å². The molecule has 0 spiro atoms. The van der Waals surface area contributed by atoms with Gasteiger partial charge in [-0.1, -0.05) is 15.9 Å². The third-order valence-electron chi connectivity index (χ3n) is 2.34. The van der Waals surface area contributed by atoms with Crippen molar-refractivity contribution in [2.24, 2.45) is 0 Å². The quantitative estimate of drug-likeness (QED) is 0.593. The van der Waals surface area contributed by atoms with E-state index in [-0.39, 0.29) is 22.5 Å². The Balaban J connectivity index is 2.72. The molecule has 1 amide bonds. The Morgan fingerprint density at radius 1 is 1.32 bits per heavy atom. The van der Waals surface area contributed by atoms with Crippen LogP contribution in [0.2, 0.25) is 0 Å². The number of benzene rings is 1. The lowest BCUT2D eigenvalue weighted by molar-refractivity contribution is -0.138. The largest absolute Gasteiger partial charge is 0.417 e. The van der Waals surface area contributed by atoms with Gasteiger partial charge in [0.25, 0.3) is 0 Å². The highest BCUT2D eigenvalue weighted by atomic mass is 79.9. The molecule has 1 aromatic rings. The smallest absolute Gasteiger partial charge is 0.326 e. The number of halogens is 5. The molecule has 0 saturated heterocycles. The summed E-state index contributed by atoms with van der Waals surface area (Å²) in [6, 6.07) is 3.58. The number of nitrogens with one attached hydrogen (secondary N) is 1. The number of anilines is 1. The Kier molecular flexibility index (Phi) is 6.13. The molecule has 1 aromatic carbocycles. The van der Waals surface area contributed by atoms with E-state index in [0.717, 1.165) is 6.07 Å². The van der Waals surface area contributed by atoms with Crippen LogP contribution in [-0.2, 0) is 11.0 Å². The predicted molar refractivity (Wildman–Crippen MR) is 72.3 cm³/mol. The minimum atomic E-state index is -4.46. The highest BCUT2D eigenvalue weighted by molar-refractivity contribution is 9.10. The topological polar surface area (TPSA) is 29.1 Å². The maximum Gasteiger partial charge on any atom is 0.417 e. The van der Waals surface area contributed by atoms with Crippen LogP contribution in [0, 0.1) is 0 Å². The van der Waals surface area contributed by atoms with Crippen molar-refractivity contribution in [3.8, 4) is 0 Å². The van der Waals surface area contributed by atoms with Crippen molar-refractivity contribution in [1.82, 2.24) is 0 Å². The summed E-state index contributed by atoms with van der Waals surface area (Å²) in [6.45, 7) is 0. The molecule has 0 aliphatic rings. The third-order valence-corrected chi connectivity index (χ3v) is 3.30. The summed E-state index contributed by atoms with van der Waals surface area (Å²) in [4.78, 5) is 11.5. The van der Waals surface area contributed by atoms with Crippen LogP contribution in [0.4, 0.5) is 18.9 Å². The molecule has 0 radical (unpaired) electrons. The summed E-state index contributed by atoms with van der Waals surface area (Å²) in [5, 5.41) is 2.44. The predicted octanol–water partition coefficient (Wildman–Crippen LogP) is 4.82. The summed E-state index contributed by atoms with van der Waals surface area (Å²) >= 11 is 8.31. The SMILES string of the molecule is O=C(CCCCCl)Nc1ccc(Br)c(C(F)(F)F)c1. The monoisotopic (exact) mass is 357 g/mol. The van der Waals surface area contributed by atoms with Crippen molar-refractivity contribution >= 4 is 39.1 Å². The maximum absolute atomic E-state index is 12.7. The molecule has 0 atom stereocenters. The molecule has 2 nitrogen and oxygen atoms in total. The van der Waals surface area contributed by atoms with E-state index in [2.05, 4.69) is 21.2 Å². The van der Waals surface area contributed by atoms with Crippen molar-refractivity contribution in [2.45, 2.75) is 25.4 Å². The minimum Gasteiger partial charge on any atom is -0.326 e. The number of carbonyl (C=O) groups excluding carboxylic acids is 1. The molecule has 1 rings (SSSR count). The average molecular weight is 359 g/mol. The fourth-order valence-corrected chi connectivity index (χ4v) is 2.08. The van der Waals surface area contributed by atoms with Gasteiger partial charge in [-0.3, -0.25) is 4.79 Å². The van der Waals surface area contributed by atoms with Gasteiger partial charge in [0.2, 0.25) is 5.91 Å². The first kappa shape index (κ1) is 16.3. The van der Waals surface area contributed by atoms with Crippen molar-refractivity contribution < 1.29 is 18.0 Å². The van der Waals surface area contributed by atoms with Gasteiger partial charge in [0.1, 0.15) is 0 Å². The van der Waals surface area contributed by atoms with E-state index in [1.165, 1.54) is 12.1 Å². The number of unbranched alkanes of at least 4 members (excludes halogenated alkanes) is 1. The van der Waals surface area contributed by atoms with Crippen LogP contribution in [0.15, 0.2) is 22.7 Å². The summed E-state index contributed by atoms with van der Waals surface area (Å²) in [6.07, 6.45) is -2.91. The van der Waals surface area contributed by atoms with Crippen LogP contribution in [-0.4, -0.2) is 11.8 Å². The zero-order chi connectivity index (χ0) is 14.5. The number of carbonyl (C=O) groups is 1. The van der Waals surface area contributed by atoms with Crippen LogP contribution >= 0.6 is 27.5 Å². The first-order chi connectivity index (χ1) is 8.84. The number of hydrogen-bond acceptors (Lipinski definition) is 1. The molecule has 0 saturated carbocycles. The van der Waals surface area contributed by atoms with Crippen molar-refractivity contribution in [3.05, 3.63) is 28.2 Å². The molecule has 0 aromatic heterocycles. The molecule has 0 fully saturated rings. The van der Waals surface area contributed by atoms with Crippen LogP contribution in [0.3, 0.4) is 0 Å². The molecular weight excluding hydrogens is 346 g/mol. The fourth-order valence-electron chi connectivity index (χ4n) is 1.42. The highest BCUT2D eigenvalue weighted by Gasteiger charge is 2.33. The van der Waals surface area contributed by atoms with Crippen LogP contribution in [0.1, 0.15) is 24.8 Å².